The van der Waals surface area contributed by atoms with Crippen LogP contribution >= 0.6 is 11.3 Å². The molecule has 34 heavy (non-hydrogen) atoms. The highest BCUT2D eigenvalue weighted by Crippen LogP contribution is 2.38. The van der Waals surface area contributed by atoms with Gasteiger partial charge in [-0.1, -0.05) is 50.2 Å². The van der Waals surface area contributed by atoms with E-state index in [4.69, 9.17) is 4.74 Å². The van der Waals surface area contributed by atoms with E-state index in [1.807, 2.05) is 36.1 Å². The van der Waals surface area contributed by atoms with Crippen LogP contribution in [0.1, 0.15) is 65.4 Å². The first-order valence-electron chi connectivity index (χ1n) is 11.8. The van der Waals surface area contributed by atoms with Crippen LogP contribution in [0.3, 0.4) is 0 Å². The summed E-state index contributed by atoms with van der Waals surface area (Å²) in [5, 5.41) is 5.25. The van der Waals surface area contributed by atoms with Gasteiger partial charge in [-0.15, -0.1) is 11.3 Å². The van der Waals surface area contributed by atoms with Crippen LogP contribution < -0.4 is 10.1 Å². The fourth-order valence-electron chi connectivity index (χ4n) is 4.29. The topological polar surface area (TPSA) is 71.5 Å². The van der Waals surface area contributed by atoms with Crippen LogP contribution in [0.2, 0.25) is 0 Å². The summed E-state index contributed by atoms with van der Waals surface area (Å²) in [5.41, 5.74) is 3.86. The minimum atomic E-state index is -0.171. The molecule has 0 unspecified atom stereocenters. The number of aromatic nitrogens is 1. The third-order valence-electron chi connectivity index (χ3n) is 5.85. The first-order valence-corrected chi connectivity index (χ1v) is 12.7. The van der Waals surface area contributed by atoms with Crippen molar-refractivity contribution in [2.24, 2.45) is 5.92 Å². The number of ether oxygens (including phenoxy) is 1. The average Bonchev–Trinajstić information content (AvgIpc) is 3.31. The Morgan fingerprint density at radius 1 is 1.21 bits per heavy atom. The van der Waals surface area contributed by atoms with Crippen LogP contribution in [-0.2, 0) is 17.8 Å². The second kappa shape index (κ2) is 10.8. The van der Waals surface area contributed by atoms with E-state index in [1.165, 1.54) is 16.9 Å². The fourth-order valence-corrected chi connectivity index (χ4v) is 4.98. The van der Waals surface area contributed by atoms with Crippen molar-refractivity contribution in [1.82, 2.24) is 15.2 Å². The van der Waals surface area contributed by atoms with Crippen molar-refractivity contribution < 1.29 is 14.3 Å². The standard InChI is InChI=1S/C27H31N3O3S/c1-4-28-27(32)23-17-34-24(29-23)16-33-21-11-10-19-12-13-30(25(31)14-18(2)3)26(22(19)15-21)20-8-6-5-7-9-20/h5-11,15,17-18,26H,4,12-14,16H2,1-3H3,(H,28,32)/t26-/m1/s1. The number of benzene rings is 2. The number of carbonyl (C=O) groups is 2. The molecule has 1 aliphatic heterocycles. The van der Waals surface area contributed by atoms with E-state index < -0.39 is 0 Å². The van der Waals surface area contributed by atoms with E-state index in [2.05, 4.69) is 48.4 Å². The maximum atomic E-state index is 13.2. The molecule has 0 aliphatic carbocycles. The molecular weight excluding hydrogens is 446 g/mol. The van der Waals surface area contributed by atoms with Gasteiger partial charge in [0.25, 0.3) is 5.91 Å². The minimum absolute atomic E-state index is 0.135. The summed E-state index contributed by atoms with van der Waals surface area (Å²) in [4.78, 5) is 31.5. The number of fused-ring (bicyclic) bond motifs is 1. The van der Waals surface area contributed by atoms with Gasteiger partial charge in [-0.2, -0.15) is 0 Å². The molecule has 1 N–H and O–H groups in total. The lowest BCUT2D eigenvalue weighted by Gasteiger charge is -2.38. The summed E-state index contributed by atoms with van der Waals surface area (Å²) >= 11 is 1.41. The van der Waals surface area contributed by atoms with Gasteiger partial charge < -0.3 is 15.0 Å². The Balaban J connectivity index is 1.58. The highest BCUT2D eigenvalue weighted by molar-refractivity contribution is 7.09. The van der Waals surface area contributed by atoms with E-state index in [-0.39, 0.29) is 24.5 Å². The smallest absolute Gasteiger partial charge is 0.270 e. The molecule has 1 atom stereocenters. The van der Waals surface area contributed by atoms with Crippen LogP contribution in [0.25, 0.3) is 0 Å². The predicted octanol–water partition coefficient (Wildman–Crippen LogP) is 4.99. The Kier molecular flexibility index (Phi) is 7.63. The highest BCUT2D eigenvalue weighted by Gasteiger charge is 2.32. The van der Waals surface area contributed by atoms with E-state index in [9.17, 15) is 9.59 Å². The number of nitrogens with one attached hydrogen (secondary N) is 1. The van der Waals surface area contributed by atoms with Crippen molar-refractivity contribution in [1.29, 1.82) is 0 Å². The Morgan fingerprint density at radius 3 is 2.74 bits per heavy atom. The maximum Gasteiger partial charge on any atom is 0.270 e. The molecule has 2 aromatic carbocycles. The second-order valence-electron chi connectivity index (χ2n) is 8.88. The lowest BCUT2D eigenvalue weighted by molar-refractivity contribution is -0.134. The molecule has 2 amide bonds. The van der Waals surface area contributed by atoms with Crippen molar-refractivity contribution in [2.45, 2.75) is 46.3 Å². The molecule has 7 heteroatoms. The number of rotatable bonds is 8. The van der Waals surface area contributed by atoms with Crippen molar-refractivity contribution in [2.75, 3.05) is 13.1 Å². The zero-order valence-corrected chi connectivity index (χ0v) is 20.7. The third kappa shape index (κ3) is 5.47. The van der Waals surface area contributed by atoms with Gasteiger partial charge in [-0.25, -0.2) is 4.98 Å². The Morgan fingerprint density at radius 2 is 2.00 bits per heavy atom. The Bertz CT molecular complexity index is 1140. The number of carbonyl (C=O) groups excluding carboxylic acids is 2. The van der Waals surface area contributed by atoms with Crippen LogP contribution in [0.15, 0.2) is 53.9 Å². The number of nitrogens with zero attached hydrogens (tertiary/aromatic N) is 2. The molecular formula is C27H31N3O3S. The molecule has 0 bridgehead atoms. The largest absolute Gasteiger partial charge is 0.486 e. The molecule has 0 radical (unpaired) electrons. The highest BCUT2D eigenvalue weighted by atomic mass is 32.1. The first-order chi connectivity index (χ1) is 16.5. The van der Waals surface area contributed by atoms with Crippen molar-refractivity contribution in [3.63, 3.8) is 0 Å². The lowest BCUT2D eigenvalue weighted by Crippen LogP contribution is -2.41. The van der Waals surface area contributed by atoms with E-state index in [0.717, 1.165) is 28.3 Å². The predicted molar refractivity (Wildman–Crippen MR) is 134 cm³/mol. The number of hydrogen-bond acceptors (Lipinski definition) is 5. The summed E-state index contributed by atoms with van der Waals surface area (Å²) in [5.74, 6) is 1.05. The van der Waals surface area contributed by atoms with E-state index in [0.29, 0.717) is 31.1 Å². The van der Waals surface area contributed by atoms with Crippen molar-refractivity contribution >= 4 is 23.2 Å². The second-order valence-corrected chi connectivity index (χ2v) is 9.83. The number of amides is 2. The third-order valence-corrected chi connectivity index (χ3v) is 6.67. The monoisotopic (exact) mass is 477 g/mol. The van der Waals surface area contributed by atoms with Crippen LogP contribution in [0.4, 0.5) is 0 Å². The normalized spacial score (nSPS) is 15.2. The quantitative estimate of drug-likeness (QED) is 0.496. The van der Waals surface area contributed by atoms with Crippen LogP contribution in [-0.4, -0.2) is 34.8 Å². The lowest BCUT2D eigenvalue weighted by atomic mass is 9.87. The Labute approximate surface area is 205 Å². The molecule has 0 fully saturated rings. The molecule has 178 valence electrons. The van der Waals surface area contributed by atoms with Crippen molar-refractivity contribution in [3.05, 3.63) is 81.3 Å². The molecule has 6 nitrogen and oxygen atoms in total. The van der Waals surface area contributed by atoms with Crippen LogP contribution in [0, 0.1) is 5.92 Å². The summed E-state index contributed by atoms with van der Waals surface area (Å²) in [6, 6.07) is 16.2. The summed E-state index contributed by atoms with van der Waals surface area (Å²) in [6.45, 7) is 7.60. The van der Waals surface area contributed by atoms with Crippen molar-refractivity contribution in [3.8, 4) is 5.75 Å². The molecule has 0 saturated heterocycles. The van der Waals surface area contributed by atoms with Gasteiger partial charge in [-0.3, -0.25) is 9.59 Å². The van der Waals surface area contributed by atoms with Gasteiger partial charge in [0, 0.05) is 24.9 Å². The van der Waals surface area contributed by atoms with Gasteiger partial charge in [0.1, 0.15) is 23.1 Å². The molecule has 3 aromatic rings. The Hall–Kier alpha value is -3.19. The van der Waals surface area contributed by atoms with Gasteiger partial charge in [0.15, 0.2) is 0 Å². The maximum absolute atomic E-state index is 13.2. The summed E-state index contributed by atoms with van der Waals surface area (Å²) in [7, 11) is 0. The molecule has 1 aliphatic rings. The number of hydrogen-bond donors (Lipinski definition) is 1. The summed E-state index contributed by atoms with van der Waals surface area (Å²) < 4.78 is 6.07. The number of thiazole rings is 1. The molecule has 0 saturated carbocycles. The molecule has 2 heterocycles. The fraction of sp³-hybridized carbons (Fsp3) is 0.370. The first kappa shape index (κ1) is 24.0. The minimum Gasteiger partial charge on any atom is -0.486 e. The SMILES string of the molecule is CCNC(=O)c1csc(COc2ccc3c(c2)[C@@H](c2ccccc2)N(C(=O)CC(C)C)CC3)n1. The van der Waals surface area contributed by atoms with E-state index in [1.54, 1.807) is 5.38 Å². The van der Waals surface area contributed by atoms with Gasteiger partial charge >= 0.3 is 0 Å². The van der Waals surface area contributed by atoms with Crippen LogP contribution in [0.5, 0.6) is 5.75 Å². The van der Waals surface area contributed by atoms with Gasteiger partial charge in [-0.05, 0) is 48.1 Å². The molecule has 0 spiro atoms. The average molecular weight is 478 g/mol. The molecule has 1 aromatic heterocycles. The zero-order chi connectivity index (χ0) is 24.1. The molecule has 4 rings (SSSR count). The zero-order valence-electron chi connectivity index (χ0n) is 19.9. The van der Waals surface area contributed by atoms with Gasteiger partial charge in [0.2, 0.25) is 5.91 Å². The summed E-state index contributed by atoms with van der Waals surface area (Å²) in [6.07, 6.45) is 1.36. The van der Waals surface area contributed by atoms with Gasteiger partial charge in [0.05, 0.1) is 6.04 Å². The van der Waals surface area contributed by atoms with E-state index >= 15 is 0 Å².